The van der Waals surface area contributed by atoms with Crippen LogP contribution in [0.15, 0.2) is 0 Å². The molecule has 29 heavy (non-hydrogen) atoms. The maximum absolute atomic E-state index is 6.09. The molecule has 0 N–H and O–H groups in total. The third-order valence-electron chi connectivity index (χ3n) is 5.39. The van der Waals surface area contributed by atoms with Gasteiger partial charge in [-0.2, -0.15) is 0 Å². The van der Waals surface area contributed by atoms with Crippen molar-refractivity contribution >= 4 is 0 Å². The number of hydrogen-bond donors (Lipinski definition) is 0. The molecule has 0 spiro atoms. The molecule has 0 amide bonds. The fraction of sp³-hybridized carbons (Fsp3) is 1.00. The lowest BCUT2D eigenvalue weighted by atomic mass is 10.1. The first kappa shape index (κ1) is 28.8. The Hall–Kier alpha value is -0.160. The van der Waals surface area contributed by atoms with Crippen LogP contribution in [0.1, 0.15) is 129 Å². The van der Waals surface area contributed by atoms with Crippen LogP contribution in [0.2, 0.25) is 0 Å². The zero-order valence-electron chi connectivity index (χ0n) is 20.1. The molecule has 0 radical (unpaired) electrons. The van der Waals surface area contributed by atoms with Gasteiger partial charge >= 0.3 is 0 Å². The fourth-order valence-electron chi connectivity index (χ4n) is 3.49. The molecule has 0 saturated heterocycles. The first-order valence-electron chi connectivity index (χ1n) is 12.7. The van der Waals surface area contributed by atoms with E-state index in [0.29, 0.717) is 6.61 Å². The van der Waals surface area contributed by atoms with Gasteiger partial charge in [0, 0.05) is 13.2 Å². The summed E-state index contributed by atoms with van der Waals surface area (Å²) >= 11 is 0. The number of rotatable bonds is 25. The average molecular weight is 417 g/mol. The van der Waals surface area contributed by atoms with Gasteiger partial charge in [-0.15, -0.1) is 0 Å². The summed E-state index contributed by atoms with van der Waals surface area (Å²) in [5, 5.41) is 0. The summed E-state index contributed by atoms with van der Waals surface area (Å²) in [5.74, 6) is 0. The Labute approximate surface area is 182 Å². The zero-order chi connectivity index (χ0) is 21.3. The Morgan fingerprint density at radius 3 is 1.38 bits per heavy atom. The van der Waals surface area contributed by atoms with Crippen LogP contribution in [0.4, 0.5) is 0 Å². The van der Waals surface area contributed by atoms with Gasteiger partial charge in [-0.05, 0) is 32.1 Å². The predicted octanol–water partition coefficient (Wildman–Crippen LogP) is 7.99. The number of unbranched alkanes of at least 4 members (excludes halogenated alkanes) is 14. The van der Waals surface area contributed by atoms with Crippen LogP contribution in [0.3, 0.4) is 0 Å². The van der Waals surface area contributed by atoms with Crippen LogP contribution < -0.4 is 0 Å². The minimum absolute atomic E-state index is 0.00175. The van der Waals surface area contributed by atoms with Crippen molar-refractivity contribution in [1.29, 1.82) is 0 Å². The van der Waals surface area contributed by atoms with E-state index in [4.69, 9.17) is 14.4 Å². The molecule has 4 nitrogen and oxygen atoms in total. The average Bonchev–Trinajstić information content (AvgIpc) is 2.73. The summed E-state index contributed by atoms with van der Waals surface area (Å²) < 4.78 is 12.2. The van der Waals surface area contributed by atoms with E-state index in [0.717, 1.165) is 26.1 Å². The molecule has 0 heterocycles. The van der Waals surface area contributed by atoms with Gasteiger partial charge < -0.3 is 9.47 Å². The number of ether oxygens (including phenoxy) is 2. The Balaban J connectivity index is 3.80. The van der Waals surface area contributed by atoms with Crippen LogP contribution in [-0.2, 0) is 19.2 Å². The zero-order valence-corrected chi connectivity index (χ0v) is 20.1. The van der Waals surface area contributed by atoms with E-state index in [1.165, 1.54) is 103 Å². The van der Waals surface area contributed by atoms with E-state index in [9.17, 15) is 0 Å². The lowest BCUT2D eigenvalue weighted by Gasteiger charge is -2.19. The van der Waals surface area contributed by atoms with Gasteiger partial charge in [-0.25, -0.2) is 9.78 Å². The van der Waals surface area contributed by atoms with E-state index >= 15 is 0 Å². The van der Waals surface area contributed by atoms with Gasteiger partial charge in [0.05, 0.1) is 13.7 Å². The Morgan fingerprint density at radius 2 is 0.897 bits per heavy atom. The topological polar surface area (TPSA) is 36.9 Å². The molecule has 0 aliphatic rings. The summed E-state index contributed by atoms with van der Waals surface area (Å²) in [7, 11) is 1.57. The summed E-state index contributed by atoms with van der Waals surface area (Å²) in [5.41, 5.74) is 0. The molecule has 0 aromatic carbocycles. The summed E-state index contributed by atoms with van der Waals surface area (Å²) in [6.45, 7) is 6.93. The second kappa shape index (κ2) is 25.9. The molecule has 176 valence electrons. The first-order chi connectivity index (χ1) is 14.3. The molecular weight excluding hydrogens is 364 g/mol. The quantitative estimate of drug-likeness (QED) is 0.0654. The highest BCUT2D eigenvalue weighted by Gasteiger charge is 2.09. The highest BCUT2D eigenvalue weighted by Crippen LogP contribution is 2.14. The Bertz CT molecular complexity index is 268. The van der Waals surface area contributed by atoms with E-state index in [1.54, 1.807) is 7.11 Å². The van der Waals surface area contributed by atoms with E-state index in [-0.39, 0.29) is 6.29 Å². The van der Waals surface area contributed by atoms with E-state index in [2.05, 4.69) is 18.7 Å². The molecule has 0 saturated carbocycles. The standard InChI is InChI=1S/C25H52O4/c1-4-6-8-10-14-18-22-27-25(28-23-19-15-11-9-7-5-2)21-17-13-12-16-20-24-29-26-3/h25H,4-24H2,1-3H3. The highest BCUT2D eigenvalue weighted by molar-refractivity contribution is 4.52. The van der Waals surface area contributed by atoms with Gasteiger partial charge in [0.2, 0.25) is 0 Å². The molecule has 0 atom stereocenters. The van der Waals surface area contributed by atoms with E-state index < -0.39 is 0 Å². The van der Waals surface area contributed by atoms with Crippen LogP contribution in [0, 0.1) is 0 Å². The van der Waals surface area contributed by atoms with Crippen molar-refractivity contribution in [1.82, 2.24) is 0 Å². The van der Waals surface area contributed by atoms with Crippen LogP contribution >= 0.6 is 0 Å². The maximum atomic E-state index is 6.09. The van der Waals surface area contributed by atoms with Crippen molar-refractivity contribution in [3.8, 4) is 0 Å². The predicted molar refractivity (Wildman–Crippen MR) is 123 cm³/mol. The molecule has 0 bridgehead atoms. The first-order valence-corrected chi connectivity index (χ1v) is 12.7. The Morgan fingerprint density at radius 1 is 0.483 bits per heavy atom. The monoisotopic (exact) mass is 416 g/mol. The molecule has 0 aliphatic heterocycles. The summed E-state index contributed by atoms with van der Waals surface area (Å²) in [4.78, 5) is 9.53. The van der Waals surface area contributed by atoms with E-state index in [1.807, 2.05) is 0 Å². The largest absolute Gasteiger partial charge is 0.353 e. The van der Waals surface area contributed by atoms with Crippen molar-refractivity contribution in [3.63, 3.8) is 0 Å². The lowest BCUT2D eigenvalue weighted by Crippen LogP contribution is -2.19. The lowest BCUT2D eigenvalue weighted by molar-refractivity contribution is -0.272. The molecule has 0 fully saturated rings. The molecule has 0 aliphatic carbocycles. The molecule has 0 rings (SSSR count). The van der Waals surface area contributed by atoms with Crippen molar-refractivity contribution in [2.75, 3.05) is 26.9 Å². The normalized spacial score (nSPS) is 11.6. The third kappa shape index (κ3) is 24.0. The van der Waals surface area contributed by atoms with Crippen LogP contribution in [-0.4, -0.2) is 33.2 Å². The summed E-state index contributed by atoms with van der Waals surface area (Å²) in [6, 6.07) is 0. The van der Waals surface area contributed by atoms with Gasteiger partial charge in [0.1, 0.15) is 0 Å². The van der Waals surface area contributed by atoms with Crippen LogP contribution in [0.5, 0.6) is 0 Å². The minimum atomic E-state index is -0.00175. The van der Waals surface area contributed by atoms with Crippen molar-refractivity contribution in [3.05, 3.63) is 0 Å². The van der Waals surface area contributed by atoms with Crippen molar-refractivity contribution in [2.24, 2.45) is 0 Å². The second-order valence-electron chi connectivity index (χ2n) is 8.25. The minimum Gasteiger partial charge on any atom is -0.353 e. The van der Waals surface area contributed by atoms with Gasteiger partial charge in [0.25, 0.3) is 0 Å². The van der Waals surface area contributed by atoms with Gasteiger partial charge in [-0.3, -0.25) is 0 Å². The Kier molecular flexibility index (Phi) is 25.7. The molecule has 0 aromatic heterocycles. The van der Waals surface area contributed by atoms with Crippen molar-refractivity contribution in [2.45, 2.75) is 136 Å². The molecule has 0 unspecified atom stereocenters. The van der Waals surface area contributed by atoms with Gasteiger partial charge in [-0.1, -0.05) is 97.3 Å². The highest BCUT2D eigenvalue weighted by atomic mass is 17.2. The smallest absolute Gasteiger partial charge is 0.157 e. The molecule has 0 aromatic rings. The maximum Gasteiger partial charge on any atom is 0.157 e. The third-order valence-corrected chi connectivity index (χ3v) is 5.39. The van der Waals surface area contributed by atoms with Crippen LogP contribution in [0.25, 0.3) is 0 Å². The molecular formula is C25H52O4. The number of hydrogen-bond acceptors (Lipinski definition) is 4. The van der Waals surface area contributed by atoms with Crippen molar-refractivity contribution < 1.29 is 19.2 Å². The molecule has 4 heteroatoms. The van der Waals surface area contributed by atoms with Gasteiger partial charge in [0.15, 0.2) is 6.29 Å². The fourth-order valence-corrected chi connectivity index (χ4v) is 3.49. The SMILES string of the molecule is CCCCCCCCOC(CCCCCCCOOC)OCCCCCCCC. The summed E-state index contributed by atoms with van der Waals surface area (Å²) in [6.07, 6.45) is 22.6. The second-order valence-corrected chi connectivity index (χ2v) is 8.25.